The Hall–Kier alpha value is -0.110. The third-order valence-electron chi connectivity index (χ3n) is 4.30. The molecule has 0 aromatic rings. The highest BCUT2D eigenvalue weighted by Gasteiger charge is 2.30. The lowest BCUT2D eigenvalue weighted by Crippen LogP contribution is -2.33. The van der Waals surface area contributed by atoms with Gasteiger partial charge >= 0.3 is 0 Å². The molecule has 0 aromatic carbocycles. The van der Waals surface area contributed by atoms with Gasteiger partial charge in [-0.1, -0.05) is 19.8 Å². The Morgan fingerprint density at radius 2 is 1.67 bits per heavy atom. The van der Waals surface area contributed by atoms with Crippen molar-refractivity contribution in [3.05, 3.63) is 0 Å². The lowest BCUT2D eigenvalue weighted by atomic mass is 9.74. The average Bonchev–Trinajstić information content (AvgIpc) is 2.30. The molecule has 0 aromatic heterocycles. The molecule has 0 N–H and O–H groups in total. The Morgan fingerprint density at radius 3 is 2.20 bits per heavy atom. The van der Waals surface area contributed by atoms with Gasteiger partial charge in [0.05, 0.1) is 12.7 Å². The number of rotatable bonds is 2. The van der Waals surface area contributed by atoms with Gasteiger partial charge < -0.3 is 4.74 Å². The van der Waals surface area contributed by atoms with Crippen molar-refractivity contribution in [1.82, 2.24) is 0 Å². The Labute approximate surface area is 92.4 Å². The van der Waals surface area contributed by atoms with Crippen LogP contribution in [-0.4, -0.2) is 19.4 Å². The summed E-state index contributed by atoms with van der Waals surface area (Å²) in [5.41, 5.74) is 0. The Kier molecular flexibility index (Phi) is 4.01. The quantitative estimate of drug-likeness (QED) is 0.682. The number of hydrogen-bond acceptors (Lipinski definition) is 1. The summed E-state index contributed by atoms with van der Waals surface area (Å²) >= 11 is 0. The molecular weight excluding hydrogens is 191 g/mol. The molecule has 15 heavy (non-hydrogen) atoms. The molecule has 1 heterocycles. The summed E-state index contributed by atoms with van der Waals surface area (Å²) in [6.07, 6.45) is 7.54. The predicted octanol–water partition coefficient (Wildman–Crippen LogP) is 3.58. The van der Waals surface area contributed by atoms with Crippen LogP contribution in [0.1, 0.15) is 45.4 Å². The molecule has 2 aliphatic rings. The lowest BCUT2D eigenvalue weighted by molar-refractivity contribution is -0.0473. The molecule has 2 unspecified atom stereocenters. The van der Waals surface area contributed by atoms with Crippen LogP contribution < -0.4 is 0 Å². The SMILES string of the molecule is CC1CCC(C2CCC(CF)OC2)CC1. The minimum absolute atomic E-state index is 0.0937. The van der Waals surface area contributed by atoms with Crippen LogP contribution in [0.15, 0.2) is 0 Å². The van der Waals surface area contributed by atoms with Gasteiger partial charge in [-0.15, -0.1) is 0 Å². The van der Waals surface area contributed by atoms with Crippen molar-refractivity contribution in [3.63, 3.8) is 0 Å². The van der Waals surface area contributed by atoms with E-state index in [1.807, 2.05) is 0 Å². The molecule has 2 atom stereocenters. The molecule has 1 aliphatic carbocycles. The lowest BCUT2D eigenvalue weighted by Gasteiger charge is -2.36. The normalized spacial score (nSPS) is 42.8. The van der Waals surface area contributed by atoms with Crippen molar-refractivity contribution in [2.24, 2.45) is 17.8 Å². The van der Waals surface area contributed by atoms with Crippen LogP contribution in [0.5, 0.6) is 0 Å². The number of hydrogen-bond donors (Lipinski definition) is 0. The summed E-state index contributed by atoms with van der Waals surface area (Å²) in [7, 11) is 0. The molecule has 1 nitrogen and oxygen atoms in total. The molecule has 0 radical (unpaired) electrons. The highest BCUT2D eigenvalue weighted by Crippen LogP contribution is 2.37. The summed E-state index contributed by atoms with van der Waals surface area (Å²) in [4.78, 5) is 0. The van der Waals surface area contributed by atoms with E-state index in [-0.39, 0.29) is 12.8 Å². The first-order valence-electron chi connectivity index (χ1n) is 6.47. The standard InChI is InChI=1S/C13H23FO/c1-10-2-4-11(5-3-10)12-6-7-13(8-14)15-9-12/h10-13H,2-9H2,1H3. The minimum atomic E-state index is -0.297. The number of halogens is 1. The fourth-order valence-corrected chi connectivity index (χ4v) is 3.08. The van der Waals surface area contributed by atoms with Crippen molar-refractivity contribution in [2.45, 2.75) is 51.6 Å². The molecule has 88 valence electrons. The van der Waals surface area contributed by atoms with Crippen molar-refractivity contribution >= 4 is 0 Å². The van der Waals surface area contributed by atoms with Crippen molar-refractivity contribution < 1.29 is 9.13 Å². The van der Waals surface area contributed by atoms with Crippen LogP contribution >= 0.6 is 0 Å². The highest BCUT2D eigenvalue weighted by atomic mass is 19.1. The molecule has 0 spiro atoms. The second-order valence-electron chi connectivity index (χ2n) is 5.47. The summed E-state index contributed by atoms with van der Waals surface area (Å²) < 4.78 is 17.9. The first-order valence-corrected chi connectivity index (χ1v) is 6.47. The molecule has 1 saturated carbocycles. The molecular formula is C13H23FO. The van der Waals surface area contributed by atoms with E-state index in [1.54, 1.807) is 0 Å². The first kappa shape index (κ1) is 11.4. The van der Waals surface area contributed by atoms with Gasteiger partial charge in [-0.3, -0.25) is 0 Å². The summed E-state index contributed by atoms with van der Waals surface area (Å²) in [5.74, 6) is 2.51. The van der Waals surface area contributed by atoms with Crippen molar-refractivity contribution in [2.75, 3.05) is 13.3 Å². The fraction of sp³-hybridized carbons (Fsp3) is 1.00. The summed E-state index contributed by atoms with van der Waals surface area (Å²) in [6, 6.07) is 0. The van der Waals surface area contributed by atoms with Crippen molar-refractivity contribution in [3.8, 4) is 0 Å². The van der Waals surface area contributed by atoms with Gasteiger partial charge in [0.2, 0.25) is 0 Å². The molecule has 0 bridgehead atoms. The number of ether oxygens (including phenoxy) is 1. The Morgan fingerprint density at radius 1 is 1.00 bits per heavy atom. The van der Waals surface area contributed by atoms with E-state index in [9.17, 15) is 4.39 Å². The molecule has 1 aliphatic heterocycles. The van der Waals surface area contributed by atoms with E-state index in [2.05, 4.69) is 6.92 Å². The van der Waals surface area contributed by atoms with Gasteiger partial charge in [0.1, 0.15) is 6.67 Å². The summed E-state index contributed by atoms with van der Waals surface area (Å²) in [6.45, 7) is 2.87. The topological polar surface area (TPSA) is 9.23 Å². The maximum Gasteiger partial charge on any atom is 0.116 e. The van der Waals surface area contributed by atoms with E-state index in [1.165, 1.54) is 32.1 Å². The maximum atomic E-state index is 12.4. The average molecular weight is 214 g/mol. The van der Waals surface area contributed by atoms with E-state index in [0.717, 1.165) is 30.8 Å². The van der Waals surface area contributed by atoms with Crippen LogP contribution in [0.3, 0.4) is 0 Å². The molecule has 0 amide bonds. The third-order valence-corrected chi connectivity index (χ3v) is 4.30. The second kappa shape index (κ2) is 5.29. The largest absolute Gasteiger partial charge is 0.375 e. The predicted molar refractivity (Wildman–Crippen MR) is 59.6 cm³/mol. The van der Waals surface area contributed by atoms with Crippen LogP contribution in [-0.2, 0) is 4.74 Å². The zero-order chi connectivity index (χ0) is 10.7. The third kappa shape index (κ3) is 2.93. The fourth-order valence-electron chi connectivity index (χ4n) is 3.08. The molecule has 1 saturated heterocycles. The Bertz CT molecular complexity index is 179. The zero-order valence-electron chi connectivity index (χ0n) is 9.75. The van der Waals surface area contributed by atoms with E-state index in [4.69, 9.17) is 4.74 Å². The van der Waals surface area contributed by atoms with Gasteiger partial charge in [0.25, 0.3) is 0 Å². The van der Waals surface area contributed by atoms with Gasteiger partial charge in [0.15, 0.2) is 0 Å². The minimum Gasteiger partial charge on any atom is -0.375 e. The van der Waals surface area contributed by atoms with Crippen molar-refractivity contribution in [1.29, 1.82) is 0 Å². The van der Waals surface area contributed by atoms with Crippen LogP contribution in [0.2, 0.25) is 0 Å². The molecule has 2 rings (SSSR count). The highest BCUT2D eigenvalue weighted by molar-refractivity contribution is 4.80. The van der Waals surface area contributed by atoms with Gasteiger partial charge in [-0.25, -0.2) is 4.39 Å². The van der Waals surface area contributed by atoms with Crippen LogP contribution in [0, 0.1) is 17.8 Å². The van der Waals surface area contributed by atoms with Gasteiger partial charge in [-0.2, -0.15) is 0 Å². The van der Waals surface area contributed by atoms with Gasteiger partial charge in [0, 0.05) is 0 Å². The second-order valence-corrected chi connectivity index (χ2v) is 5.47. The number of alkyl halides is 1. The molecule has 2 fully saturated rings. The van der Waals surface area contributed by atoms with E-state index >= 15 is 0 Å². The van der Waals surface area contributed by atoms with Crippen LogP contribution in [0.25, 0.3) is 0 Å². The Balaban J connectivity index is 1.75. The summed E-state index contributed by atoms with van der Waals surface area (Å²) in [5, 5.41) is 0. The van der Waals surface area contributed by atoms with E-state index < -0.39 is 0 Å². The zero-order valence-corrected chi connectivity index (χ0v) is 9.75. The van der Waals surface area contributed by atoms with Crippen LogP contribution in [0.4, 0.5) is 4.39 Å². The van der Waals surface area contributed by atoms with Gasteiger partial charge in [-0.05, 0) is 43.4 Å². The smallest absolute Gasteiger partial charge is 0.116 e. The van der Waals surface area contributed by atoms with E-state index in [0.29, 0.717) is 0 Å². The first-order chi connectivity index (χ1) is 7.29. The monoisotopic (exact) mass is 214 g/mol. The molecule has 2 heteroatoms. The maximum absolute atomic E-state index is 12.4.